The van der Waals surface area contributed by atoms with E-state index in [4.69, 9.17) is 16.3 Å². The van der Waals surface area contributed by atoms with E-state index < -0.39 is 0 Å². The van der Waals surface area contributed by atoms with Crippen molar-refractivity contribution < 1.29 is 4.74 Å². The summed E-state index contributed by atoms with van der Waals surface area (Å²) in [4.78, 5) is 0. The van der Waals surface area contributed by atoms with Gasteiger partial charge in [-0.05, 0) is 62.6 Å². The van der Waals surface area contributed by atoms with Gasteiger partial charge in [0.15, 0.2) is 0 Å². The van der Waals surface area contributed by atoms with Crippen LogP contribution in [0.4, 0.5) is 0 Å². The Morgan fingerprint density at radius 3 is 2.29 bits per heavy atom. The van der Waals surface area contributed by atoms with Crippen LogP contribution in [-0.2, 0) is 0 Å². The van der Waals surface area contributed by atoms with Gasteiger partial charge in [-0.25, -0.2) is 0 Å². The van der Waals surface area contributed by atoms with Crippen molar-refractivity contribution in [3.8, 4) is 5.75 Å². The molecule has 0 saturated heterocycles. The second kappa shape index (κ2) is 6.85. The van der Waals surface area contributed by atoms with E-state index in [-0.39, 0.29) is 5.38 Å². The van der Waals surface area contributed by atoms with Gasteiger partial charge in [0.25, 0.3) is 0 Å². The molecular formula is C18H20BrClO. The molecule has 1 unspecified atom stereocenters. The Morgan fingerprint density at radius 1 is 1.10 bits per heavy atom. The largest absolute Gasteiger partial charge is 0.494 e. The molecule has 0 saturated carbocycles. The van der Waals surface area contributed by atoms with E-state index in [1.807, 2.05) is 25.1 Å². The summed E-state index contributed by atoms with van der Waals surface area (Å²) < 4.78 is 6.74. The number of benzene rings is 2. The molecule has 0 bridgehead atoms. The normalized spacial score (nSPS) is 12.3. The van der Waals surface area contributed by atoms with Crippen molar-refractivity contribution in [2.75, 3.05) is 6.61 Å². The van der Waals surface area contributed by atoms with E-state index in [0.717, 1.165) is 15.8 Å². The number of hydrogen-bond donors (Lipinski definition) is 0. The molecule has 0 aliphatic rings. The first-order valence-corrected chi connectivity index (χ1v) is 8.31. The summed E-state index contributed by atoms with van der Waals surface area (Å²) in [6.07, 6.45) is 0. The minimum Gasteiger partial charge on any atom is -0.494 e. The van der Waals surface area contributed by atoms with Crippen LogP contribution in [0.2, 0.25) is 0 Å². The molecule has 3 heteroatoms. The lowest BCUT2D eigenvalue weighted by Gasteiger charge is -2.20. The Hall–Kier alpha value is -0.990. The summed E-state index contributed by atoms with van der Waals surface area (Å²) >= 11 is 10.3. The molecular weight excluding hydrogens is 348 g/mol. The fourth-order valence-electron chi connectivity index (χ4n) is 2.75. The van der Waals surface area contributed by atoms with Gasteiger partial charge in [0.1, 0.15) is 5.75 Å². The number of aryl methyl sites for hydroxylation is 3. The molecule has 21 heavy (non-hydrogen) atoms. The molecule has 2 rings (SSSR count). The molecule has 1 nitrogen and oxygen atoms in total. The summed E-state index contributed by atoms with van der Waals surface area (Å²) in [5, 5.41) is -0.218. The molecule has 1 atom stereocenters. The second-order valence-corrected chi connectivity index (χ2v) is 6.64. The minimum atomic E-state index is -0.218. The van der Waals surface area contributed by atoms with Crippen molar-refractivity contribution in [1.82, 2.24) is 0 Å². The van der Waals surface area contributed by atoms with E-state index in [0.29, 0.717) is 6.61 Å². The third-order valence-electron chi connectivity index (χ3n) is 3.54. The molecule has 0 N–H and O–H groups in total. The zero-order chi connectivity index (χ0) is 15.6. The quantitative estimate of drug-likeness (QED) is 0.593. The predicted molar refractivity (Wildman–Crippen MR) is 93.7 cm³/mol. The van der Waals surface area contributed by atoms with Gasteiger partial charge in [-0.15, -0.1) is 11.6 Å². The van der Waals surface area contributed by atoms with Crippen LogP contribution < -0.4 is 4.74 Å². The van der Waals surface area contributed by atoms with Crippen molar-refractivity contribution in [3.05, 3.63) is 62.6 Å². The average molecular weight is 368 g/mol. The SMILES string of the molecule is CCOc1ccc(Br)cc1C(Cl)c1c(C)cc(C)cc1C. The van der Waals surface area contributed by atoms with Crippen LogP contribution in [0.25, 0.3) is 0 Å². The van der Waals surface area contributed by atoms with Crippen molar-refractivity contribution >= 4 is 27.5 Å². The van der Waals surface area contributed by atoms with Crippen molar-refractivity contribution in [2.24, 2.45) is 0 Å². The number of rotatable bonds is 4. The van der Waals surface area contributed by atoms with Crippen LogP contribution >= 0.6 is 27.5 Å². The molecule has 0 fully saturated rings. The van der Waals surface area contributed by atoms with Crippen LogP contribution in [0.15, 0.2) is 34.8 Å². The van der Waals surface area contributed by atoms with Crippen molar-refractivity contribution in [3.63, 3.8) is 0 Å². The van der Waals surface area contributed by atoms with E-state index >= 15 is 0 Å². The first kappa shape index (κ1) is 16.4. The number of halogens is 2. The summed E-state index contributed by atoms with van der Waals surface area (Å²) in [6.45, 7) is 8.95. The molecule has 0 amide bonds. The van der Waals surface area contributed by atoms with E-state index in [1.54, 1.807) is 0 Å². The van der Waals surface area contributed by atoms with Crippen LogP contribution in [-0.4, -0.2) is 6.61 Å². The third-order valence-corrected chi connectivity index (χ3v) is 4.48. The maximum atomic E-state index is 6.81. The highest BCUT2D eigenvalue weighted by molar-refractivity contribution is 9.10. The Bertz CT molecular complexity index is 629. The molecule has 2 aromatic rings. The number of alkyl halides is 1. The summed E-state index contributed by atoms with van der Waals surface area (Å²) in [5.74, 6) is 0.847. The average Bonchev–Trinajstić information content (AvgIpc) is 2.39. The Balaban J connectivity index is 2.54. The smallest absolute Gasteiger partial charge is 0.124 e. The highest BCUT2D eigenvalue weighted by Crippen LogP contribution is 2.39. The van der Waals surface area contributed by atoms with E-state index in [9.17, 15) is 0 Å². The lowest BCUT2D eigenvalue weighted by molar-refractivity contribution is 0.337. The second-order valence-electron chi connectivity index (χ2n) is 5.29. The topological polar surface area (TPSA) is 9.23 Å². The van der Waals surface area contributed by atoms with Crippen LogP contribution in [0.1, 0.15) is 40.1 Å². The lowest BCUT2D eigenvalue weighted by Crippen LogP contribution is -2.04. The lowest BCUT2D eigenvalue weighted by atomic mass is 9.93. The van der Waals surface area contributed by atoms with Crippen molar-refractivity contribution in [1.29, 1.82) is 0 Å². The predicted octanol–water partition coefficient (Wildman–Crippen LogP) is 6.10. The minimum absolute atomic E-state index is 0.218. The fourth-order valence-corrected chi connectivity index (χ4v) is 3.64. The van der Waals surface area contributed by atoms with Crippen LogP contribution in [0.5, 0.6) is 5.75 Å². The van der Waals surface area contributed by atoms with Gasteiger partial charge < -0.3 is 4.74 Å². The fraction of sp³-hybridized carbons (Fsp3) is 0.333. The highest BCUT2D eigenvalue weighted by atomic mass is 79.9. The monoisotopic (exact) mass is 366 g/mol. The molecule has 0 spiro atoms. The highest BCUT2D eigenvalue weighted by Gasteiger charge is 2.20. The summed E-state index contributed by atoms with van der Waals surface area (Å²) in [6, 6.07) is 10.3. The first-order chi connectivity index (χ1) is 9.93. The molecule has 0 heterocycles. The molecule has 0 aliphatic heterocycles. The maximum absolute atomic E-state index is 6.81. The number of hydrogen-bond acceptors (Lipinski definition) is 1. The molecule has 2 aromatic carbocycles. The summed E-state index contributed by atoms with van der Waals surface area (Å²) in [7, 11) is 0. The third kappa shape index (κ3) is 3.61. The summed E-state index contributed by atoms with van der Waals surface area (Å²) in [5.41, 5.74) is 5.87. The Morgan fingerprint density at radius 2 is 1.71 bits per heavy atom. The van der Waals surface area contributed by atoms with Gasteiger partial charge in [-0.2, -0.15) is 0 Å². The van der Waals surface area contributed by atoms with E-state index in [2.05, 4.69) is 48.8 Å². The zero-order valence-electron chi connectivity index (χ0n) is 12.8. The van der Waals surface area contributed by atoms with Crippen LogP contribution in [0.3, 0.4) is 0 Å². The maximum Gasteiger partial charge on any atom is 0.124 e. The number of ether oxygens (including phenoxy) is 1. The van der Waals surface area contributed by atoms with Gasteiger partial charge >= 0.3 is 0 Å². The van der Waals surface area contributed by atoms with Crippen LogP contribution in [0, 0.1) is 20.8 Å². The molecule has 112 valence electrons. The molecule has 0 radical (unpaired) electrons. The van der Waals surface area contributed by atoms with Gasteiger partial charge in [0.05, 0.1) is 12.0 Å². The first-order valence-electron chi connectivity index (χ1n) is 7.08. The molecule has 0 aliphatic carbocycles. The van der Waals surface area contributed by atoms with E-state index in [1.165, 1.54) is 22.3 Å². The van der Waals surface area contributed by atoms with Crippen molar-refractivity contribution in [2.45, 2.75) is 33.1 Å². The zero-order valence-corrected chi connectivity index (χ0v) is 15.2. The van der Waals surface area contributed by atoms with Gasteiger partial charge in [0, 0.05) is 10.0 Å². The van der Waals surface area contributed by atoms with Gasteiger partial charge in [0.2, 0.25) is 0 Å². The van der Waals surface area contributed by atoms with Gasteiger partial charge in [-0.3, -0.25) is 0 Å². The molecule has 0 aromatic heterocycles. The Labute approximate surface area is 140 Å². The standard InChI is InChI=1S/C18H20BrClO/c1-5-21-16-7-6-14(19)10-15(16)18(20)17-12(3)8-11(2)9-13(17)4/h6-10,18H,5H2,1-4H3. The van der Waals surface area contributed by atoms with Gasteiger partial charge in [-0.1, -0.05) is 33.6 Å². The Kier molecular flexibility index (Phi) is 5.34.